The molecule has 0 saturated heterocycles. The van der Waals surface area contributed by atoms with Gasteiger partial charge in [-0.1, -0.05) is 41.6 Å². The lowest BCUT2D eigenvalue weighted by Gasteiger charge is -2.05. The van der Waals surface area contributed by atoms with E-state index in [4.69, 9.17) is 11.6 Å². The van der Waals surface area contributed by atoms with Gasteiger partial charge in [-0.3, -0.25) is 4.79 Å². The fourth-order valence-electron chi connectivity index (χ4n) is 2.50. The van der Waals surface area contributed by atoms with Crippen molar-refractivity contribution in [3.05, 3.63) is 81.5 Å². The van der Waals surface area contributed by atoms with Gasteiger partial charge in [0.05, 0.1) is 11.9 Å². The number of hydrogen-bond donors (Lipinski definition) is 1. The highest BCUT2D eigenvalue weighted by Crippen LogP contribution is 2.25. The Morgan fingerprint density at radius 2 is 1.92 bits per heavy atom. The second-order valence-electron chi connectivity index (χ2n) is 5.52. The second-order valence-corrected chi connectivity index (χ2v) is 6.89. The third-order valence-corrected chi connectivity index (χ3v) is 5.10. The van der Waals surface area contributed by atoms with E-state index in [1.807, 2.05) is 24.3 Å². The van der Waals surface area contributed by atoms with Crippen LogP contribution in [-0.4, -0.2) is 19.7 Å². The van der Waals surface area contributed by atoms with Gasteiger partial charge in [-0.15, -0.1) is 0 Å². The Balaban J connectivity index is 1.71. The summed E-state index contributed by atoms with van der Waals surface area (Å²) < 4.78 is 14.7. The summed E-state index contributed by atoms with van der Waals surface area (Å²) in [4.78, 5) is 19.6. The maximum absolute atomic E-state index is 13.2. The Bertz CT molecular complexity index is 1140. The number of hydrogen-bond acceptors (Lipinski definition) is 4. The lowest BCUT2D eigenvalue weighted by Crippen LogP contribution is -2.09. The number of thioether (sulfide) groups is 1. The van der Waals surface area contributed by atoms with Crippen molar-refractivity contribution >= 4 is 34.4 Å². The normalized spacial score (nSPS) is 11.2. The van der Waals surface area contributed by atoms with E-state index in [1.165, 1.54) is 34.8 Å². The van der Waals surface area contributed by atoms with Gasteiger partial charge in [0.1, 0.15) is 11.2 Å². The molecule has 4 aromatic rings. The summed E-state index contributed by atoms with van der Waals surface area (Å²) >= 11 is 7.54. The van der Waals surface area contributed by atoms with E-state index in [-0.39, 0.29) is 11.4 Å². The van der Waals surface area contributed by atoms with Crippen LogP contribution in [0.5, 0.6) is 0 Å². The molecule has 0 saturated carbocycles. The summed E-state index contributed by atoms with van der Waals surface area (Å²) in [5.74, 6) is 0.228. The number of benzene rings is 2. The Hall–Kier alpha value is -2.64. The summed E-state index contributed by atoms with van der Waals surface area (Å²) in [6.07, 6.45) is 1.45. The molecule has 2 heterocycles. The molecule has 0 aliphatic carbocycles. The minimum Gasteiger partial charge on any atom is -0.301 e. The molecule has 4 rings (SSSR count). The zero-order chi connectivity index (χ0) is 18.1. The fourth-order valence-corrected chi connectivity index (χ4v) is 3.64. The van der Waals surface area contributed by atoms with Crippen molar-refractivity contribution in [1.82, 2.24) is 19.7 Å². The van der Waals surface area contributed by atoms with Crippen LogP contribution >= 0.6 is 23.4 Å². The third-order valence-electron chi connectivity index (χ3n) is 3.81. The Kier molecular flexibility index (Phi) is 4.48. The van der Waals surface area contributed by atoms with Crippen molar-refractivity contribution in [1.29, 1.82) is 0 Å². The van der Waals surface area contributed by atoms with E-state index in [0.29, 0.717) is 32.7 Å². The molecule has 0 spiro atoms. The lowest BCUT2D eigenvalue weighted by molar-refractivity contribution is 0.627. The number of halogens is 2. The molecule has 0 aliphatic rings. The lowest BCUT2D eigenvalue weighted by atomic mass is 10.2. The number of nitrogens with one attached hydrogen (secondary N) is 1. The van der Waals surface area contributed by atoms with Crippen LogP contribution in [0.15, 0.2) is 64.7 Å². The SMILES string of the molecule is O=c1[nH]c(SCc2ccccc2Cl)nc2c1cnn2-c1ccc(F)cc1. The first-order valence-electron chi connectivity index (χ1n) is 7.72. The molecule has 2 aromatic heterocycles. The van der Waals surface area contributed by atoms with Crippen LogP contribution in [0, 0.1) is 5.82 Å². The van der Waals surface area contributed by atoms with Crippen molar-refractivity contribution in [3.8, 4) is 5.69 Å². The molecule has 0 fully saturated rings. The molecule has 0 aliphatic heterocycles. The summed E-state index contributed by atoms with van der Waals surface area (Å²) in [5.41, 5.74) is 1.72. The smallest absolute Gasteiger partial charge is 0.262 e. The van der Waals surface area contributed by atoms with Crippen molar-refractivity contribution < 1.29 is 4.39 Å². The Morgan fingerprint density at radius 3 is 2.69 bits per heavy atom. The van der Waals surface area contributed by atoms with Crippen LogP contribution in [0.4, 0.5) is 4.39 Å². The molecule has 0 atom stereocenters. The predicted octanol–water partition coefficient (Wildman–Crippen LogP) is 4.19. The molecule has 0 radical (unpaired) electrons. The van der Waals surface area contributed by atoms with E-state index < -0.39 is 0 Å². The number of aromatic nitrogens is 4. The zero-order valence-corrected chi connectivity index (χ0v) is 14.9. The van der Waals surface area contributed by atoms with E-state index in [9.17, 15) is 9.18 Å². The monoisotopic (exact) mass is 386 g/mol. The zero-order valence-electron chi connectivity index (χ0n) is 13.3. The highest BCUT2D eigenvalue weighted by molar-refractivity contribution is 7.98. The van der Waals surface area contributed by atoms with E-state index in [2.05, 4.69) is 15.1 Å². The first-order chi connectivity index (χ1) is 12.6. The molecule has 1 N–H and O–H groups in total. The van der Waals surface area contributed by atoms with Crippen LogP contribution < -0.4 is 5.56 Å². The summed E-state index contributed by atoms with van der Waals surface area (Å²) in [6, 6.07) is 13.4. The molecule has 0 bridgehead atoms. The molecular formula is C18H12ClFN4OS. The van der Waals surface area contributed by atoms with Crippen LogP contribution in [0.3, 0.4) is 0 Å². The standard InChI is InChI=1S/C18H12ClFN4OS/c19-15-4-2-1-3-11(15)10-26-18-22-16-14(17(25)23-18)9-21-24(16)13-7-5-12(20)6-8-13/h1-9H,10H2,(H,22,23,25). The summed E-state index contributed by atoms with van der Waals surface area (Å²) in [7, 11) is 0. The van der Waals surface area contributed by atoms with Crippen LogP contribution in [0.1, 0.15) is 5.56 Å². The maximum Gasteiger partial charge on any atom is 0.262 e. The molecule has 8 heteroatoms. The molecule has 26 heavy (non-hydrogen) atoms. The van der Waals surface area contributed by atoms with E-state index in [1.54, 1.807) is 12.1 Å². The van der Waals surface area contributed by atoms with Crippen molar-refractivity contribution in [2.24, 2.45) is 0 Å². The summed E-state index contributed by atoms with van der Waals surface area (Å²) in [6.45, 7) is 0. The van der Waals surface area contributed by atoms with Gasteiger partial charge in [0.2, 0.25) is 0 Å². The van der Waals surface area contributed by atoms with Gasteiger partial charge in [-0.05, 0) is 35.9 Å². The van der Waals surface area contributed by atoms with Crippen LogP contribution in [-0.2, 0) is 5.75 Å². The van der Waals surface area contributed by atoms with Gasteiger partial charge in [0.15, 0.2) is 10.8 Å². The highest BCUT2D eigenvalue weighted by atomic mass is 35.5. The molecule has 0 amide bonds. The van der Waals surface area contributed by atoms with Crippen molar-refractivity contribution in [2.45, 2.75) is 10.9 Å². The van der Waals surface area contributed by atoms with Crippen LogP contribution in [0.2, 0.25) is 5.02 Å². The number of rotatable bonds is 4. The fraction of sp³-hybridized carbons (Fsp3) is 0.0556. The minimum atomic E-state index is -0.341. The highest BCUT2D eigenvalue weighted by Gasteiger charge is 2.12. The van der Waals surface area contributed by atoms with Crippen molar-refractivity contribution in [3.63, 3.8) is 0 Å². The van der Waals surface area contributed by atoms with Gasteiger partial charge in [0, 0.05) is 10.8 Å². The van der Waals surface area contributed by atoms with Gasteiger partial charge < -0.3 is 4.98 Å². The first-order valence-corrected chi connectivity index (χ1v) is 9.08. The molecule has 5 nitrogen and oxygen atoms in total. The number of aromatic amines is 1. The Morgan fingerprint density at radius 1 is 1.15 bits per heavy atom. The average molecular weight is 387 g/mol. The number of fused-ring (bicyclic) bond motifs is 1. The third kappa shape index (κ3) is 3.23. The quantitative estimate of drug-likeness (QED) is 0.422. The first kappa shape index (κ1) is 16.8. The summed E-state index contributed by atoms with van der Waals surface area (Å²) in [5, 5.41) is 5.71. The molecule has 2 aromatic carbocycles. The van der Waals surface area contributed by atoms with Crippen molar-refractivity contribution in [2.75, 3.05) is 0 Å². The average Bonchev–Trinajstić information content (AvgIpc) is 3.06. The number of nitrogens with zero attached hydrogens (tertiary/aromatic N) is 3. The van der Waals surface area contributed by atoms with E-state index >= 15 is 0 Å². The van der Waals surface area contributed by atoms with Gasteiger partial charge >= 0.3 is 0 Å². The molecule has 130 valence electrons. The topological polar surface area (TPSA) is 63.6 Å². The Labute approximate surface area is 156 Å². The number of H-pyrrole nitrogens is 1. The van der Waals surface area contributed by atoms with Crippen LogP contribution in [0.25, 0.3) is 16.7 Å². The largest absolute Gasteiger partial charge is 0.301 e. The maximum atomic E-state index is 13.2. The van der Waals surface area contributed by atoms with E-state index in [0.717, 1.165) is 5.56 Å². The van der Waals surface area contributed by atoms with Gasteiger partial charge in [-0.25, -0.2) is 14.1 Å². The minimum absolute atomic E-state index is 0.273. The van der Waals surface area contributed by atoms with Gasteiger partial charge in [-0.2, -0.15) is 5.10 Å². The molecular weight excluding hydrogens is 375 g/mol. The van der Waals surface area contributed by atoms with Gasteiger partial charge in [0.25, 0.3) is 5.56 Å². The molecule has 0 unspecified atom stereocenters. The second kappa shape index (κ2) is 6.93. The predicted molar refractivity (Wildman–Crippen MR) is 100 cm³/mol.